The molecule has 20 heavy (non-hydrogen) atoms. The van der Waals surface area contributed by atoms with Crippen molar-refractivity contribution in [3.63, 3.8) is 0 Å². The molecule has 0 unspecified atom stereocenters. The molecule has 0 radical (unpaired) electrons. The third kappa shape index (κ3) is 3.39. The largest absolute Gasteiger partial charge is 0.481 e. The fourth-order valence-electron chi connectivity index (χ4n) is 1.68. The third-order valence-electron chi connectivity index (χ3n) is 2.70. The highest BCUT2D eigenvalue weighted by Crippen LogP contribution is 2.22. The van der Waals surface area contributed by atoms with E-state index in [-0.39, 0.29) is 5.56 Å². The van der Waals surface area contributed by atoms with E-state index >= 15 is 0 Å². The van der Waals surface area contributed by atoms with Gasteiger partial charge in [0.25, 0.3) is 0 Å². The standard InChI is InChI=1S/C14H13ClN2O3/c1-20-13-5-2-9(8-17-13)7-16-12-6-10(15)3-4-11(12)14(18)19/h2-6,8,16H,7H2,1H3,(H,18,19). The maximum Gasteiger partial charge on any atom is 0.337 e. The number of hydrogen-bond donors (Lipinski definition) is 2. The van der Waals surface area contributed by atoms with E-state index < -0.39 is 5.97 Å². The number of aromatic carboxylic acids is 1. The van der Waals surface area contributed by atoms with Crippen LogP contribution in [-0.2, 0) is 6.54 Å². The molecular weight excluding hydrogens is 280 g/mol. The van der Waals surface area contributed by atoms with Crippen molar-refractivity contribution in [2.75, 3.05) is 12.4 Å². The molecule has 5 nitrogen and oxygen atoms in total. The molecule has 2 N–H and O–H groups in total. The lowest BCUT2D eigenvalue weighted by molar-refractivity contribution is 0.0698. The smallest absolute Gasteiger partial charge is 0.337 e. The summed E-state index contributed by atoms with van der Waals surface area (Å²) >= 11 is 5.88. The van der Waals surface area contributed by atoms with Crippen molar-refractivity contribution in [1.82, 2.24) is 4.98 Å². The lowest BCUT2D eigenvalue weighted by Crippen LogP contribution is -2.06. The van der Waals surface area contributed by atoms with Gasteiger partial charge in [-0.05, 0) is 23.8 Å². The van der Waals surface area contributed by atoms with Crippen molar-refractivity contribution in [2.45, 2.75) is 6.54 Å². The molecule has 2 aromatic rings. The number of pyridine rings is 1. The second kappa shape index (κ2) is 6.25. The van der Waals surface area contributed by atoms with E-state index in [9.17, 15) is 4.79 Å². The zero-order chi connectivity index (χ0) is 14.5. The Labute approximate surface area is 121 Å². The molecule has 0 fully saturated rings. The summed E-state index contributed by atoms with van der Waals surface area (Å²) in [4.78, 5) is 15.2. The van der Waals surface area contributed by atoms with Crippen molar-refractivity contribution in [3.8, 4) is 5.88 Å². The predicted octanol–water partition coefficient (Wildman–Crippen LogP) is 3.05. The molecule has 0 aliphatic carbocycles. The molecule has 0 atom stereocenters. The number of ether oxygens (including phenoxy) is 1. The van der Waals surface area contributed by atoms with Crippen LogP contribution in [0.1, 0.15) is 15.9 Å². The molecule has 1 aromatic heterocycles. The van der Waals surface area contributed by atoms with Crippen LogP contribution in [0.25, 0.3) is 0 Å². The van der Waals surface area contributed by atoms with Crippen LogP contribution in [0.2, 0.25) is 5.02 Å². The van der Waals surface area contributed by atoms with Gasteiger partial charge in [-0.25, -0.2) is 9.78 Å². The number of halogens is 1. The summed E-state index contributed by atoms with van der Waals surface area (Å²) in [6, 6.07) is 8.20. The van der Waals surface area contributed by atoms with Crippen LogP contribution in [0, 0.1) is 0 Å². The summed E-state index contributed by atoms with van der Waals surface area (Å²) in [6.07, 6.45) is 1.66. The fraction of sp³-hybridized carbons (Fsp3) is 0.143. The van der Waals surface area contributed by atoms with Gasteiger partial charge in [-0.3, -0.25) is 0 Å². The molecule has 2 rings (SSSR count). The van der Waals surface area contributed by atoms with Crippen LogP contribution in [-0.4, -0.2) is 23.2 Å². The summed E-state index contributed by atoms with van der Waals surface area (Å²) in [6.45, 7) is 0.442. The van der Waals surface area contributed by atoms with Gasteiger partial charge in [0.05, 0.1) is 18.4 Å². The summed E-state index contributed by atoms with van der Waals surface area (Å²) in [7, 11) is 1.55. The summed E-state index contributed by atoms with van der Waals surface area (Å²) in [5.74, 6) is -0.472. The SMILES string of the molecule is COc1ccc(CNc2cc(Cl)ccc2C(=O)O)cn1. The van der Waals surface area contributed by atoms with E-state index in [0.717, 1.165) is 5.56 Å². The van der Waals surface area contributed by atoms with E-state index in [0.29, 0.717) is 23.1 Å². The Kier molecular flexibility index (Phi) is 4.42. The number of carbonyl (C=O) groups is 1. The average Bonchev–Trinajstić information content (AvgIpc) is 2.45. The highest BCUT2D eigenvalue weighted by Gasteiger charge is 2.10. The predicted molar refractivity (Wildman–Crippen MR) is 76.5 cm³/mol. The van der Waals surface area contributed by atoms with Crippen LogP contribution >= 0.6 is 11.6 Å². The van der Waals surface area contributed by atoms with Crippen molar-refractivity contribution >= 4 is 23.3 Å². The first-order chi connectivity index (χ1) is 9.60. The zero-order valence-electron chi connectivity index (χ0n) is 10.8. The van der Waals surface area contributed by atoms with Gasteiger partial charge in [0.1, 0.15) is 0 Å². The lowest BCUT2D eigenvalue weighted by atomic mass is 10.1. The quantitative estimate of drug-likeness (QED) is 0.886. The fourth-order valence-corrected chi connectivity index (χ4v) is 1.85. The second-order valence-corrected chi connectivity index (χ2v) is 4.49. The molecular formula is C14H13ClN2O3. The van der Waals surface area contributed by atoms with Crippen LogP contribution in [0.4, 0.5) is 5.69 Å². The van der Waals surface area contributed by atoms with E-state index in [1.165, 1.54) is 6.07 Å². The molecule has 0 bridgehead atoms. The lowest BCUT2D eigenvalue weighted by Gasteiger charge is -2.10. The summed E-state index contributed by atoms with van der Waals surface area (Å²) in [5.41, 5.74) is 1.55. The van der Waals surface area contributed by atoms with E-state index in [2.05, 4.69) is 10.3 Å². The molecule has 0 saturated heterocycles. The van der Waals surface area contributed by atoms with Gasteiger partial charge in [0.2, 0.25) is 5.88 Å². The Morgan fingerprint density at radius 1 is 1.40 bits per heavy atom. The maximum absolute atomic E-state index is 11.1. The van der Waals surface area contributed by atoms with Crippen LogP contribution in [0.5, 0.6) is 5.88 Å². The Morgan fingerprint density at radius 3 is 2.80 bits per heavy atom. The molecule has 0 spiro atoms. The Morgan fingerprint density at radius 2 is 2.20 bits per heavy atom. The van der Waals surface area contributed by atoms with Gasteiger partial charge >= 0.3 is 5.97 Å². The molecule has 6 heteroatoms. The number of hydrogen-bond acceptors (Lipinski definition) is 4. The molecule has 0 saturated carbocycles. The number of anilines is 1. The van der Waals surface area contributed by atoms with Gasteiger partial charge in [-0.2, -0.15) is 0 Å². The minimum absolute atomic E-state index is 0.177. The van der Waals surface area contributed by atoms with Crippen LogP contribution in [0.3, 0.4) is 0 Å². The van der Waals surface area contributed by atoms with Gasteiger partial charge in [0, 0.05) is 23.8 Å². The number of rotatable bonds is 5. The van der Waals surface area contributed by atoms with E-state index in [4.69, 9.17) is 21.4 Å². The number of methoxy groups -OCH3 is 1. The third-order valence-corrected chi connectivity index (χ3v) is 2.94. The van der Waals surface area contributed by atoms with Gasteiger partial charge < -0.3 is 15.2 Å². The zero-order valence-corrected chi connectivity index (χ0v) is 11.5. The number of nitrogens with one attached hydrogen (secondary N) is 1. The molecule has 1 aromatic carbocycles. The summed E-state index contributed by atoms with van der Waals surface area (Å²) < 4.78 is 4.97. The first-order valence-corrected chi connectivity index (χ1v) is 6.23. The average molecular weight is 293 g/mol. The maximum atomic E-state index is 11.1. The second-order valence-electron chi connectivity index (χ2n) is 4.06. The van der Waals surface area contributed by atoms with E-state index in [1.54, 1.807) is 31.5 Å². The minimum atomic E-state index is -1.00. The van der Waals surface area contributed by atoms with Crippen molar-refractivity contribution in [2.24, 2.45) is 0 Å². The minimum Gasteiger partial charge on any atom is -0.481 e. The molecule has 0 aliphatic rings. The highest BCUT2D eigenvalue weighted by molar-refractivity contribution is 6.31. The normalized spacial score (nSPS) is 10.1. The van der Waals surface area contributed by atoms with Crippen molar-refractivity contribution in [1.29, 1.82) is 0 Å². The topological polar surface area (TPSA) is 71.5 Å². The van der Waals surface area contributed by atoms with Gasteiger partial charge in [-0.1, -0.05) is 17.7 Å². The molecule has 0 amide bonds. The van der Waals surface area contributed by atoms with Crippen LogP contribution < -0.4 is 10.1 Å². The molecule has 0 aliphatic heterocycles. The van der Waals surface area contributed by atoms with Crippen molar-refractivity contribution in [3.05, 3.63) is 52.7 Å². The van der Waals surface area contributed by atoms with Gasteiger partial charge in [-0.15, -0.1) is 0 Å². The molecule has 1 heterocycles. The molecule has 104 valence electrons. The number of carboxylic acids is 1. The Bertz CT molecular complexity index is 614. The Balaban J connectivity index is 2.13. The van der Waals surface area contributed by atoms with Crippen molar-refractivity contribution < 1.29 is 14.6 Å². The van der Waals surface area contributed by atoms with Gasteiger partial charge in [0.15, 0.2) is 0 Å². The van der Waals surface area contributed by atoms with E-state index in [1.807, 2.05) is 6.07 Å². The number of benzene rings is 1. The monoisotopic (exact) mass is 292 g/mol. The first kappa shape index (κ1) is 14.1. The number of aromatic nitrogens is 1. The first-order valence-electron chi connectivity index (χ1n) is 5.86. The summed E-state index contributed by atoms with van der Waals surface area (Å²) in [5, 5.41) is 12.6. The number of nitrogens with zero attached hydrogens (tertiary/aromatic N) is 1. The Hall–Kier alpha value is -2.27. The highest BCUT2D eigenvalue weighted by atomic mass is 35.5. The number of carboxylic acid groups (broad SMARTS) is 1. The van der Waals surface area contributed by atoms with Crippen LogP contribution in [0.15, 0.2) is 36.5 Å².